The molecule has 0 bridgehead atoms. The molecule has 2 amide bonds. The van der Waals surface area contributed by atoms with E-state index in [1.54, 1.807) is 0 Å². The molecule has 2 aliphatic rings. The first-order valence-electron chi connectivity index (χ1n) is 11.4. The Labute approximate surface area is 200 Å². The van der Waals surface area contributed by atoms with Crippen molar-refractivity contribution < 1.29 is 13.6 Å². The number of anilines is 3. The highest BCUT2D eigenvalue weighted by atomic mass is 79.9. The molecule has 0 radical (unpaired) electrons. The number of nitrogens with one attached hydrogen (secondary N) is 3. The molecule has 2 aliphatic carbocycles. The van der Waals surface area contributed by atoms with Crippen LogP contribution in [0.1, 0.15) is 49.8 Å². The molecular weight excluding hydrogens is 494 g/mol. The maximum atomic E-state index is 14.0. The lowest BCUT2D eigenvalue weighted by atomic mass is 9.91. The number of aryl methyl sites for hydroxylation is 1. The fraction of sp³-hybridized carbons (Fsp3) is 0.522. The number of carbonyl (C=O) groups excluding carboxylic acids is 1. The lowest BCUT2D eigenvalue weighted by molar-refractivity contribution is 0.243. The van der Waals surface area contributed by atoms with Crippen LogP contribution in [0.4, 0.5) is 31.0 Å². The summed E-state index contributed by atoms with van der Waals surface area (Å²) in [6, 6.07) is 1.55. The smallest absolute Gasteiger partial charge is 0.319 e. The Morgan fingerprint density at radius 3 is 2.45 bits per heavy atom. The van der Waals surface area contributed by atoms with Gasteiger partial charge in [-0.3, -0.25) is 0 Å². The molecule has 0 atom stereocenters. The number of carbonyl (C=O) groups is 1. The molecular formula is C23H29BrF2N6O. The minimum atomic E-state index is -0.827. The molecule has 0 saturated heterocycles. The van der Waals surface area contributed by atoms with E-state index in [2.05, 4.69) is 36.8 Å². The average Bonchev–Trinajstić information content (AvgIpc) is 2.77. The van der Waals surface area contributed by atoms with E-state index in [1.807, 2.05) is 14.1 Å². The Morgan fingerprint density at radius 2 is 1.76 bits per heavy atom. The van der Waals surface area contributed by atoms with Gasteiger partial charge in [0.05, 0.1) is 11.4 Å². The zero-order valence-corrected chi connectivity index (χ0v) is 20.4. The highest BCUT2D eigenvalue weighted by Gasteiger charge is 2.25. The van der Waals surface area contributed by atoms with Gasteiger partial charge in [0, 0.05) is 42.3 Å². The lowest BCUT2D eigenvalue weighted by Crippen LogP contribution is -2.42. The van der Waals surface area contributed by atoms with Crippen LogP contribution < -0.4 is 20.9 Å². The summed E-state index contributed by atoms with van der Waals surface area (Å²) < 4.78 is 27.4. The van der Waals surface area contributed by atoms with Crippen LogP contribution in [0.25, 0.3) is 0 Å². The summed E-state index contributed by atoms with van der Waals surface area (Å²) in [5, 5.41) is 8.85. The van der Waals surface area contributed by atoms with Crippen LogP contribution in [0.2, 0.25) is 0 Å². The van der Waals surface area contributed by atoms with Crippen molar-refractivity contribution in [2.75, 3.05) is 29.6 Å². The maximum absolute atomic E-state index is 14.0. The lowest BCUT2D eigenvalue weighted by Gasteiger charge is -2.30. The Bertz CT molecular complexity index is 1000. The molecule has 2 aromatic rings. The zero-order valence-electron chi connectivity index (χ0n) is 18.9. The monoisotopic (exact) mass is 522 g/mol. The third-order valence-electron chi connectivity index (χ3n) is 6.23. The zero-order chi connectivity index (χ0) is 23.5. The quantitative estimate of drug-likeness (QED) is 0.514. The number of urea groups is 1. The molecule has 4 rings (SSSR count). The number of rotatable bonds is 5. The molecule has 1 aromatic heterocycles. The predicted octanol–water partition coefficient (Wildman–Crippen LogP) is 5.01. The van der Waals surface area contributed by atoms with Gasteiger partial charge < -0.3 is 20.9 Å². The van der Waals surface area contributed by atoms with Crippen LogP contribution >= 0.6 is 15.9 Å². The number of aromatic nitrogens is 2. The second kappa shape index (κ2) is 10.2. The van der Waals surface area contributed by atoms with Gasteiger partial charge in [-0.25, -0.2) is 18.6 Å². The number of hydrogen-bond acceptors (Lipinski definition) is 5. The first kappa shape index (κ1) is 23.7. The van der Waals surface area contributed by atoms with Crippen molar-refractivity contribution in [2.45, 2.75) is 63.5 Å². The molecule has 1 fully saturated rings. The van der Waals surface area contributed by atoms with Crippen LogP contribution in [0.15, 0.2) is 16.6 Å². The van der Waals surface area contributed by atoms with Crippen molar-refractivity contribution in [3.8, 4) is 0 Å². The number of nitrogens with zero attached hydrogens (tertiary/aromatic N) is 3. The van der Waals surface area contributed by atoms with Crippen LogP contribution in [0, 0.1) is 11.6 Å². The summed E-state index contributed by atoms with van der Waals surface area (Å²) in [6.45, 7) is 0. The second-order valence-corrected chi connectivity index (χ2v) is 9.79. The topological polar surface area (TPSA) is 82.2 Å². The van der Waals surface area contributed by atoms with Gasteiger partial charge in [-0.05, 0) is 73.4 Å². The fourth-order valence-electron chi connectivity index (χ4n) is 4.57. The largest absolute Gasteiger partial charge is 0.362 e. The molecule has 33 heavy (non-hydrogen) atoms. The van der Waals surface area contributed by atoms with Crippen LogP contribution in [-0.2, 0) is 12.8 Å². The molecule has 0 unspecified atom stereocenters. The van der Waals surface area contributed by atoms with Crippen molar-refractivity contribution in [1.29, 1.82) is 0 Å². The molecule has 1 saturated carbocycles. The minimum Gasteiger partial charge on any atom is -0.362 e. The van der Waals surface area contributed by atoms with Gasteiger partial charge >= 0.3 is 6.03 Å². The summed E-state index contributed by atoms with van der Waals surface area (Å²) in [5.74, 6) is 0.127. The third kappa shape index (κ3) is 5.72. The number of fused-ring (bicyclic) bond motifs is 1. The number of hydrogen-bond donors (Lipinski definition) is 3. The minimum absolute atomic E-state index is 0.0212. The van der Waals surface area contributed by atoms with E-state index >= 15 is 0 Å². The summed E-state index contributed by atoms with van der Waals surface area (Å²) in [4.78, 5) is 24.0. The van der Waals surface area contributed by atoms with Crippen molar-refractivity contribution in [1.82, 2.24) is 15.3 Å². The maximum Gasteiger partial charge on any atom is 0.319 e. The van der Waals surface area contributed by atoms with Gasteiger partial charge in [0.25, 0.3) is 0 Å². The molecule has 178 valence electrons. The Morgan fingerprint density at radius 1 is 1.06 bits per heavy atom. The predicted molar refractivity (Wildman–Crippen MR) is 129 cm³/mol. The average molecular weight is 523 g/mol. The van der Waals surface area contributed by atoms with E-state index < -0.39 is 17.7 Å². The first-order chi connectivity index (χ1) is 15.8. The van der Waals surface area contributed by atoms with Gasteiger partial charge in [-0.1, -0.05) is 0 Å². The normalized spacial score (nSPS) is 20.0. The van der Waals surface area contributed by atoms with Gasteiger partial charge in [0.1, 0.15) is 11.6 Å². The molecule has 1 aromatic carbocycles. The second-order valence-electron chi connectivity index (χ2n) is 8.93. The van der Waals surface area contributed by atoms with E-state index in [0.29, 0.717) is 5.95 Å². The van der Waals surface area contributed by atoms with Crippen LogP contribution in [-0.4, -0.2) is 42.2 Å². The highest BCUT2D eigenvalue weighted by Crippen LogP contribution is 2.30. The molecule has 10 heteroatoms. The highest BCUT2D eigenvalue weighted by molar-refractivity contribution is 9.10. The summed E-state index contributed by atoms with van der Waals surface area (Å²) in [5.41, 5.74) is 2.33. The van der Waals surface area contributed by atoms with Crippen LogP contribution in [0.3, 0.4) is 0 Å². The van der Waals surface area contributed by atoms with E-state index in [0.717, 1.165) is 68.6 Å². The molecule has 0 aliphatic heterocycles. The Balaban J connectivity index is 1.31. The molecule has 1 heterocycles. The van der Waals surface area contributed by atoms with E-state index in [4.69, 9.17) is 9.97 Å². The fourth-order valence-corrected chi connectivity index (χ4v) is 5.08. The Hall–Kier alpha value is -2.49. The standard InChI is InChI=1S/C23H29BrF2N6O/c1-32(2)21-16-5-3-4-6-19(16)29-22(31-21)27-14-7-9-15(10-8-14)28-23(33)30-20-17(24)11-13(25)12-18(20)26/h11-12,14-15H,3-10H2,1-2H3,(H,27,29,31)(H2,28,30,33). The molecule has 3 N–H and O–H groups in total. The number of halogens is 3. The van der Waals surface area contributed by atoms with E-state index in [9.17, 15) is 13.6 Å². The van der Waals surface area contributed by atoms with E-state index in [1.165, 1.54) is 12.0 Å². The van der Waals surface area contributed by atoms with Crippen molar-refractivity contribution >= 4 is 39.4 Å². The van der Waals surface area contributed by atoms with Crippen molar-refractivity contribution in [3.05, 3.63) is 39.5 Å². The van der Waals surface area contributed by atoms with Crippen LogP contribution in [0.5, 0.6) is 0 Å². The van der Waals surface area contributed by atoms with Crippen molar-refractivity contribution in [3.63, 3.8) is 0 Å². The number of benzene rings is 1. The molecule has 7 nitrogen and oxygen atoms in total. The first-order valence-corrected chi connectivity index (χ1v) is 12.1. The number of amides is 2. The summed E-state index contributed by atoms with van der Waals surface area (Å²) >= 11 is 3.08. The summed E-state index contributed by atoms with van der Waals surface area (Å²) in [7, 11) is 4.03. The molecule has 0 spiro atoms. The van der Waals surface area contributed by atoms with Gasteiger partial charge in [0.2, 0.25) is 5.95 Å². The summed E-state index contributed by atoms with van der Waals surface area (Å²) in [6.07, 6.45) is 7.64. The SMILES string of the molecule is CN(C)c1nc(NC2CCC(NC(=O)Nc3c(F)cc(F)cc3Br)CC2)nc2c1CCCC2. The van der Waals surface area contributed by atoms with Gasteiger partial charge in [-0.2, -0.15) is 4.98 Å². The van der Waals surface area contributed by atoms with E-state index in [-0.39, 0.29) is 22.2 Å². The Kier molecular flexibility index (Phi) is 7.31. The van der Waals surface area contributed by atoms with Crippen molar-refractivity contribution in [2.24, 2.45) is 0 Å². The third-order valence-corrected chi connectivity index (χ3v) is 6.85. The van der Waals surface area contributed by atoms with Gasteiger partial charge in [-0.15, -0.1) is 0 Å². The van der Waals surface area contributed by atoms with Gasteiger partial charge in [0.15, 0.2) is 5.82 Å².